The Morgan fingerprint density at radius 1 is 1.41 bits per heavy atom. The van der Waals surface area contributed by atoms with Gasteiger partial charge >= 0.3 is 17.9 Å². The minimum atomic E-state index is -1.64. The zero-order chi connectivity index (χ0) is 16.9. The minimum absolute atomic E-state index is 0.0787. The van der Waals surface area contributed by atoms with Crippen LogP contribution in [0.2, 0.25) is 0 Å². The summed E-state index contributed by atoms with van der Waals surface area (Å²) in [5.74, 6) is -3.76. The van der Waals surface area contributed by atoms with Gasteiger partial charge in [-0.1, -0.05) is 6.92 Å². The monoisotopic (exact) mass is 348 g/mol. The van der Waals surface area contributed by atoms with E-state index in [1.807, 2.05) is 6.92 Å². The fourth-order valence-electron chi connectivity index (χ4n) is 1.10. The molecule has 7 nitrogen and oxygen atoms in total. The summed E-state index contributed by atoms with van der Waals surface area (Å²) in [5.41, 5.74) is -0.348. The van der Waals surface area contributed by atoms with Crippen LogP contribution in [0.4, 0.5) is 0 Å². The van der Waals surface area contributed by atoms with E-state index in [1.54, 1.807) is 13.8 Å². The third-order valence-corrected chi connectivity index (χ3v) is 5.24. The van der Waals surface area contributed by atoms with E-state index in [2.05, 4.69) is 4.74 Å². The average Bonchev–Trinajstić information content (AvgIpc) is 3.05. The third kappa shape index (κ3) is 5.38. The van der Waals surface area contributed by atoms with Crippen LogP contribution in [0.5, 0.6) is 0 Å². The molecule has 2 unspecified atom stereocenters. The normalized spacial score (nSPS) is 19.7. The van der Waals surface area contributed by atoms with Gasteiger partial charge in [0.1, 0.15) is 5.57 Å². The van der Waals surface area contributed by atoms with Gasteiger partial charge < -0.3 is 14.6 Å². The lowest BCUT2D eigenvalue weighted by atomic mass is 10.2. The van der Waals surface area contributed by atoms with Crippen LogP contribution in [0.15, 0.2) is 9.81 Å². The van der Waals surface area contributed by atoms with Gasteiger partial charge in [-0.05, 0) is 20.3 Å². The van der Waals surface area contributed by atoms with E-state index in [0.717, 1.165) is 0 Å². The first-order valence-electron chi connectivity index (χ1n) is 6.46. The fourth-order valence-corrected chi connectivity index (χ4v) is 2.69. The first-order valence-corrected chi connectivity index (χ1v) is 8.44. The van der Waals surface area contributed by atoms with E-state index in [1.165, 1.54) is 23.5 Å². The maximum atomic E-state index is 11.7. The van der Waals surface area contributed by atoms with Crippen molar-refractivity contribution < 1.29 is 33.8 Å². The second-order valence-electron chi connectivity index (χ2n) is 4.41. The highest BCUT2D eigenvalue weighted by atomic mass is 32.3. The molecule has 1 N–H and O–H groups in total. The van der Waals surface area contributed by atoms with Gasteiger partial charge in [-0.3, -0.25) is 4.79 Å². The molecular weight excluding hydrogens is 332 g/mol. The summed E-state index contributed by atoms with van der Waals surface area (Å²) in [6, 6.07) is 0. The van der Waals surface area contributed by atoms with Crippen LogP contribution in [0.3, 0.4) is 0 Å². The average molecular weight is 348 g/mol. The first-order chi connectivity index (χ1) is 10.3. The number of carboxylic acids is 1. The number of esters is 1. The molecule has 2 aliphatic heterocycles. The van der Waals surface area contributed by atoms with Crippen LogP contribution in [-0.2, 0) is 28.7 Å². The van der Waals surface area contributed by atoms with E-state index >= 15 is 0 Å². The Labute approximate surface area is 135 Å². The number of thioether (sulfide) groups is 2. The fraction of sp³-hybridized carbons (Fsp3) is 0.538. The number of aliphatic carboxylic acids is 1. The Hall–Kier alpha value is -1.48. The van der Waals surface area contributed by atoms with Gasteiger partial charge in [0.25, 0.3) is 5.78 Å². The largest absolute Gasteiger partial charge is 0.475 e. The number of ether oxygens (including phenoxy) is 2. The number of carbonyl (C=O) groups excluding carboxylic acids is 3. The Morgan fingerprint density at radius 3 is 2.18 bits per heavy atom. The molecule has 2 heterocycles. The van der Waals surface area contributed by atoms with Gasteiger partial charge in [-0.25, -0.2) is 14.4 Å². The highest BCUT2D eigenvalue weighted by molar-refractivity contribution is 8.37. The molecule has 0 bridgehead atoms. The van der Waals surface area contributed by atoms with Gasteiger partial charge in [0, 0.05) is 5.08 Å². The second kappa shape index (κ2) is 8.23. The van der Waals surface area contributed by atoms with E-state index in [9.17, 15) is 19.2 Å². The quantitative estimate of drug-likeness (QED) is 0.198. The van der Waals surface area contributed by atoms with Crippen molar-refractivity contribution in [3.05, 3.63) is 9.81 Å². The van der Waals surface area contributed by atoms with Crippen molar-refractivity contribution in [1.29, 1.82) is 0 Å². The van der Waals surface area contributed by atoms with Crippen molar-refractivity contribution in [3.8, 4) is 0 Å². The van der Waals surface area contributed by atoms with Crippen LogP contribution in [0.1, 0.15) is 27.2 Å². The number of hydrogen-bond donors (Lipinski definition) is 1. The number of cyclic esters (lactones) is 1. The molecular formula is C13H16O7S2. The summed E-state index contributed by atoms with van der Waals surface area (Å²) in [5, 5.41) is 9.36. The standard InChI is InChI=1S/C10H12O5S2.C3H4O2/c1-3-5(2)15-9(14)6(7(11)8(12)13)10-16-4-17-10;1-2-3(4)5-2/h5H,3-4H2,1-2H3,(H,12,13);2H,1H3. The molecule has 0 radical (unpaired) electrons. The number of Topliss-reactive ketones (excluding diaryl/α,β-unsaturated/α-hetero) is 1. The van der Waals surface area contributed by atoms with Crippen LogP contribution < -0.4 is 0 Å². The predicted molar refractivity (Wildman–Crippen MR) is 81.1 cm³/mol. The molecule has 2 rings (SSSR count). The Balaban J connectivity index is 0.000000406. The number of rotatable bonds is 5. The molecule has 0 spiro atoms. The number of carbonyl (C=O) groups is 4. The molecule has 9 heteroatoms. The summed E-state index contributed by atoms with van der Waals surface area (Å²) in [7, 11) is 0. The summed E-state index contributed by atoms with van der Waals surface area (Å²) < 4.78 is 9.70. The van der Waals surface area contributed by atoms with Gasteiger partial charge in [0.15, 0.2) is 6.10 Å². The molecule has 2 fully saturated rings. The predicted octanol–water partition coefficient (Wildman–Crippen LogP) is 1.56. The highest BCUT2D eigenvalue weighted by Gasteiger charge is 2.33. The summed E-state index contributed by atoms with van der Waals surface area (Å²) in [6.45, 7) is 5.24. The molecule has 122 valence electrons. The van der Waals surface area contributed by atoms with Crippen LogP contribution in [0.25, 0.3) is 0 Å². The lowest BCUT2D eigenvalue weighted by Crippen LogP contribution is -2.26. The van der Waals surface area contributed by atoms with E-state index in [4.69, 9.17) is 9.84 Å². The SMILES string of the molecule is CC1OC1=O.CCC(C)OC(=O)C(C(=O)C(=O)O)=C1SCS1. The zero-order valence-corrected chi connectivity index (χ0v) is 13.9. The molecule has 0 aromatic rings. The molecule has 0 aromatic carbocycles. The molecule has 0 saturated carbocycles. The van der Waals surface area contributed by atoms with Crippen molar-refractivity contribution in [2.24, 2.45) is 0 Å². The summed E-state index contributed by atoms with van der Waals surface area (Å²) >= 11 is 2.56. The van der Waals surface area contributed by atoms with E-state index in [-0.39, 0.29) is 23.8 Å². The molecule has 0 aliphatic carbocycles. The number of ketones is 1. The smallest absolute Gasteiger partial charge is 0.377 e. The van der Waals surface area contributed by atoms with Crippen molar-refractivity contribution in [2.75, 3.05) is 5.08 Å². The zero-order valence-electron chi connectivity index (χ0n) is 12.3. The third-order valence-electron chi connectivity index (χ3n) is 2.66. The van der Waals surface area contributed by atoms with Gasteiger partial charge in [0.2, 0.25) is 0 Å². The molecule has 2 saturated heterocycles. The van der Waals surface area contributed by atoms with Gasteiger partial charge in [0.05, 0.1) is 10.3 Å². The number of epoxide rings is 1. The molecule has 2 atom stereocenters. The van der Waals surface area contributed by atoms with Crippen molar-refractivity contribution in [1.82, 2.24) is 0 Å². The topological polar surface area (TPSA) is 110 Å². The molecule has 2 aliphatic rings. The number of hydrogen-bond acceptors (Lipinski definition) is 8. The Bertz CT molecular complexity index is 520. The van der Waals surface area contributed by atoms with Crippen molar-refractivity contribution in [2.45, 2.75) is 39.4 Å². The van der Waals surface area contributed by atoms with Gasteiger partial charge in [-0.2, -0.15) is 0 Å². The summed E-state index contributed by atoms with van der Waals surface area (Å²) in [6.07, 6.45) is 0.181. The van der Waals surface area contributed by atoms with E-state index in [0.29, 0.717) is 15.7 Å². The first kappa shape index (κ1) is 18.6. The number of carboxylic acid groups (broad SMARTS) is 1. The lowest BCUT2D eigenvalue weighted by Gasteiger charge is -2.19. The molecule has 0 amide bonds. The summed E-state index contributed by atoms with van der Waals surface area (Å²) in [4.78, 5) is 43.4. The lowest BCUT2D eigenvalue weighted by molar-refractivity contribution is -0.151. The van der Waals surface area contributed by atoms with Crippen molar-refractivity contribution in [3.63, 3.8) is 0 Å². The Kier molecular flexibility index (Phi) is 6.95. The van der Waals surface area contributed by atoms with E-state index < -0.39 is 17.7 Å². The second-order valence-corrected chi connectivity index (χ2v) is 7.00. The molecule has 0 aromatic heterocycles. The molecule has 22 heavy (non-hydrogen) atoms. The van der Waals surface area contributed by atoms with Crippen LogP contribution >= 0.6 is 23.5 Å². The van der Waals surface area contributed by atoms with Gasteiger partial charge in [-0.15, -0.1) is 23.5 Å². The van der Waals surface area contributed by atoms with Crippen molar-refractivity contribution >= 4 is 47.2 Å². The minimum Gasteiger partial charge on any atom is -0.475 e. The van der Waals surface area contributed by atoms with Crippen LogP contribution in [-0.4, -0.2) is 46.1 Å². The van der Waals surface area contributed by atoms with Crippen LogP contribution in [0, 0.1) is 0 Å². The highest BCUT2D eigenvalue weighted by Crippen LogP contribution is 2.45. The maximum absolute atomic E-state index is 11.7. The maximum Gasteiger partial charge on any atom is 0.377 e. The Morgan fingerprint density at radius 2 is 1.91 bits per heavy atom.